The molecule has 6 nitrogen and oxygen atoms in total. The molecule has 0 amide bonds. The molecule has 0 unspecified atom stereocenters. The van der Waals surface area contributed by atoms with Crippen LogP contribution in [0.25, 0.3) is 0 Å². The van der Waals surface area contributed by atoms with Gasteiger partial charge in [-0.05, 0) is 74.7 Å². The standard InChI is InChI=1S/C25H34O6/c1-23-11-9-18-17-8-6-16(26)13-15(17)5-7-19(18)20(23)10-12-25(23)21(14-22(27)28-3)30-24(2,29-4)31-25/h13-14,17-20H,5-12H2,1-4H3/b21-14+/t17-,18+,19+,20-,23-,24+,25-/m0/s1. The Morgan fingerprint density at radius 2 is 1.90 bits per heavy atom. The van der Waals surface area contributed by atoms with Crippen molar-refractivity contribution in [1.82, 2.24) is 0 Å². The lowest BCUT2D eigenvalue weighted by Gasteiger charge is -2.55. The van der Waals surface area contributed by atoms with E-state index in [0.717, 1.165) is 44.9 Å². The van der Waals surface area contributed by atoms with Crippen molar-refractivity contribution < 1.29 is 28.5 Å². The second-order valence-corrected chi connectivity index (χ2v) is 10.4. The molecule has 170 valence electrons. The third kappa shape index (κ3) is 2.97. The van der Waals surface area contributed by atoms with Crippen molar-refractivity contribution in [2.75, 3.05) is 14.2 Å². The lowest BCUT2D eigenvalue weighted by atomic mass is 9.50. The normalized spacial score (nSPS) is 47.4. The van der Waals surface area contributed by atoms with Crippen LogP contribution in [0.1, 0.15) is 65.2 Å². The maximum absolute atomic E-state index is 12.2. The fourth-order valence-corrected chi connectivity index (χ4v) is 7.82. The molecule has 1 aliphatic heterocycles. The smallest absolute Gasteiger partial charge is 0.333 e. The highest BCUT2D eigenvalue weighted by Crippen LogP contribution is 2.69. The molecular weight excluding hydrogens is 396 g/mol. The van der Waals surface area contributed by atoms with Gasteiger partial charge in [0.2, 0.25) is 0 Å². The van der Waals surface area contributed by atoms with Gasteiger partial charge in [-0.25, -0.2) is 4.79 Å². The minimum Gasteiger partial charge on any atom is -0.466 e. The van der Waals surface area contributed by atoms with Gasteiger partial charge in [0.25, 0.3) is 0 Å². The van der Waals surface area contributed by atoms with Crippen LogP contribution in [-0.4, -0.2) is 37.5 Å². The summed E-state index contributed by atoms with van der Waals surface area (Å²) in [6, 6.07) is 0. The first-order valence-corrected chi connectivity index (χ1v) is 11.7. The maximum atomic E-state index is 12.2. The minimum atomic E-state index is -1.21. The van der Waals surface area contributed by atoms with Crippen molar-refractivity contribution in [1.29, 1.82) is 0 Å². The molecule has 1 spiro atoms. The van der Waals surface area contributed by atoms with Gasteiger partial charge in [0.15, 0.2) is 5.78 Å². The Bertz CT molecular complexity index is 860. The zero-order valence-electron chi connectivity index (χ0n) is 19.1. The van der Waals surface area contributed by atoms with E-state index >= 15 is 0 Å². The maximum Gasteiger partial charge on any atom is 0.333 e. The summed E-state index contributed by atoms with van der Waals surface area (Å²) < 4.78 is 23.2. The van der Waals surface area contributed by atoms with E-state index in [-0.39, 0.29) is 5.41 Å². The molecule has 0 aromatic rings. The average Bonchev–Trinajstić information content (AvgIpc) is 3.22. The highest BCUT2D eigenvalue weighted by atomic mass is 16.9. The van der Waals surface area contributed by atoms with Crippen molar-refractivity contribution in [3.63, 3.8) is 0 Å². The number of carbonyl (C=O) groups is 2. The van der Waals surface area contributed by atoms with Crippen LogP contribution in [0.5, 0.6) is 0 Å². The Balaban J connectivity index is 1.50. The van der Waals surface area contributed by atoms with Crippen LogP contribution in [0, 0.1) is 29.1 Å². The summed E-state index contributed by atoms with van der Waals surface area (Å²) >= 11 is 0. The van der Waals surface area contributed by atoms with Gasteiger partial charge in [-0.3, -0.25) is 4.79 Å². The second kappa shape index (κ2) is 7.17. The SMILES string of the molecule is COC(=O)/C=C1/O[C@@](C)(OC)O[C@@]12CC[C@H]1[C@@H]3CCC4=CC(=O)CC[C@@H]4[C@H]3CC[C@@]12C. The van der Waals surface area contributed by atoms with Crippen molar-refractivity contribution >= 4 is 11.8 Å². The third-order valence-electron chi connectivity index (χ3n) is 9.29. The number of hydrogen-bond donors (Lipinski definition) is 0. The van der Waals surface area contributed by atoms with E-state index in [0.29, 0.717) is 41.6 Å². The summed E-state index contributed by atoms with van der Waals surface area (Å²) in [6.07, 6.45) is 11.3. The van der Waals surface area contributed by atoms with Gasteiger partial charge in [-0.15, -0.1) is 0 Å². The molecule has 5 aliphatic rings. The molecule has 4 fully saturated rings. The highest BCUT2D eigenvalue weighted by molar-refractivity contribution is 5.91. The molecule has 3 saturated carbocycles. The van der Waals surface area contributed by atoms with E-state index < -0.39 is 17.5 Å². The van der Waals surface area contributed by atoms with Gasteiger partial charge in [0, 0.05) is 25.9 Å². The predicted octanol–water partition coefficient (Wildman–Crippen LogP) is 4.29. The number of rotatable bonds is 2. The molecule has 1 heterocycles. The van der Waals surface area contributed by atoms with Crippen LogP contribution in [0.2, 0.25) is 0 Å². The zero-order valence-corrected chi connectivity index (χ0v) is 19.1. The van der Waals surface area contributed by atoms with Crippen molar-refractivity contribution in [3.05, 3.63) is 23.5 Å². The fourth-order valence-electron chi connectivity index (χ4n) is 7.82. The summed E-state index contributed by atoms with van der Waals surface area (Å²) in [4.78, 5) is 24.1. The highest BCUT2D eigenvalue weighted by Gasteiger charge is 2.70. The van der Waals surface area contributed by atoms with Crippen LogP contribution < -0.4 is 0 Å². The molecule has 5 rings (SSSR count). The number of methoxy groups -OCH3 is 2. The quantitative estimate of drug-likeness (QED) is 0.481. The molecule has 1 saturated heterocycles. The number of esters is 1. The summed E-state index contributed by atoms with van der Waals surface area (Å²) in [7, 11) is 2.95. The number of hydrogen-bond acceptors (Lipinski definition) is 6. The van der Waals surface area contributed by atoms with E-state index in [2.05, 4.69) is 6.92 Å². The first-order chi connectivity index (χ1) is 14.7. The molecule has 7 atom stereocenters. The van der Waals surface area contributed by atoms with Crippen LogP contribution in [0.3, 0.4) is 0 Å². The lowest BCUT2D eigenvalue weighted by molar-refractivity contribution is -0.331. The van der Waals surface area contributed by atoms with Crippen LogP contribution in [0.15, 0.2) is 23.5 Å². The van der Waals surface area contributed by atoms with Gasteiger partial charge < -0.3 is 18.9 Å². The number of fused-ring (bicyclic) bond motifs is 6. The van der Waals surface area contributed by atoms with Gasteiger partial charge >= 0.3 is 11.9 Å². The first-order valence-electron chi connectivity index (χ1n) is 11.7. The lowest BCUT2D eigenvalue weighted by Crippen LogP contribution is -2.54. The molecular formula is C25H34O6. The number of ketones is 1. The van der Waals surface area contributed by atoms with E-state index in [1.165, 1.54) is 18.8 Å². The second-order valence-electron chi connectivity index (χ2n) is 10.4. The molecule has 31 heavy (non-hydrogen) atoms. The van der Waals surface area contributed by atoms with E-state index in [1.54, 1.807) is 14.0 Å². The van der Waals surface area contributed by atoms with Gasteiger partial charge in [0.05, 0.1) is 13.2 Å². The largest absolute Gasteiger partial charge is 0.466 e. The zero-order chi connectivity index (χ0) is 22.0. The van der Waals surface area contributed by atoms with Crippen LogP contribution in [0.4, 0.5) is 0 Å². The summed E-state index contributed by atoms with van der Waals surface area (Å²) in [5.41, 5.74) is 0.573. The van der Waals surface area contributed by atoms with Gasteiger partial charge in [-0.2, -0.15) is 0 Å². The molecule has 0 aromatic heterocycles. The minimum absolute atomic E-state index is 0.143. The Hall–Kier alpha value is -1.66. The van der Waals surface area contributed by atoms with Crippen LogP contribution in [-0.2, 0) is 28.5 Å². The Labute approximate surface area is 184 Å². The van der Waals surface area contributed by atoms with Crippen LogP contribution >= 0.6 is 0 Å². The molecule has 4 aliphatic carbocycles. The topological polar surface area (TPSA) is 71.1 Å². The number of allylic oxidation sites excluding steroid dienone is 1. The average molecular weight is 431 g/mol. The van der Waals surface area contributed by atoms with E-state index in [1.807, 2.05) is 6.08 Å². The molecule has 0 bridgehead atoms. The summed E-state index contributed by atoms with van der Waals surface area (Å²) in [6.45, 7) is 4.10. The van der Waals surface area contributed by atoms with Gasteiger partial charge in [0.1, 0.15) is 11.4 Å². The van der Waals surface area contributed by atoms with E-state index in [9.17, 15) is 9.59 Å². The molecule has 0 N–H and O–H groups in total. The molecule has 6 heteroatoms. The Morgan fingerprint density at radius 1 is 1.10 bits per heavy atom. The van der Waals surface area contributed by atoms with Crippen molar-refractivity contribution in [3.8, 4) is 0 Å². The van der Waals surface area contributed by atoms with Gasteiger partial charge in [-0.1, -0.05) is 12.5 Å². The van der Waals surface area contributed by atoms with Crippen molar-refractivity contribution in [2.45, 2.75) is 76.8 Å². The van der Waals surface area contributed by atoms with E-state index in [4.69, 9.17) is 18.9 Å². The monoisotopic (exact) mass is 430 g/mol. The number of carbonyl (C=O) groups excluding carboxylic acids is 2. The summed E-state index contributed by atoms with van der Waals surface area (Å²) in [5.74, 6) is 1.53. The molecule has 0 aromatic carbocycles. The fraction of sp³-hybridized carbons (Fsp3) is 0.760. The third-order valence-corrected chi connectivity index (χ3v) is 9.29. The Kier molecular flexibility index (Phi) is 4.91. The number of ether oxygens (including phenoxy) is 4. The Morgan fingerprint density at radius 3 is 2.65 bits per heavy atom. The summed E-state index contributed by atoms with van der Waals surface area (Å²) in [5, 5.41) is 0. The molecule has 0 radical (unpaired) electrons. The first kappa shape index (κ1) is 21.2. The van der Waals surface area contributed by atoms with Crippen molar-refractivity contribution in [2.24, 2.45) is 29.1 Å². The predicted molar refractivity (Wildman–Crippen MR) is 113 cm³/mol.